The van der Waals surface area contributed by atoms with Crippen LogP contribution in [0.1, 0.15) is 17.7 Å². The molecule has 31 heavy (non-hydrogen) atoms. The zero-order valence-electron chi connectivity index (χ0n) is 16.5. The van der Waals surface area contributed by atoms with E-state index in [1.54, 1.807) is 11.3 Å². The fourth-order valence-corrected chi connectivity index (χ4v) is 6.56. The zero-order chi connectivity index (χ0) is 22.2. The van der Waals surface area contributed by atoms with Gasteiger partial charge in [0.2, 0.25) is 15.9 Å². The quantitative estimate of drug-likeness (QED) is 0.580. The normalized spacial score (nSPS) is 15.8. The van der Waals surface area contributed by atoms with Gasteiger partial charge in [0, 0.05) is 29.3 Å². The second-order valence-electron chi connectivity index (χ2n) is 7.19. The Morgan fingerprint density at radius 2 is 1.94 bits per heavy atom. The topological polar surface area (TPSA) is 79.4 Å². The summed E-state index contributed by atoms with van der Waals surface area (Å²) in [5.74, 6) is -2.44. The molecule has 0 saturated carbocycles. The fraction of sp³-hybridized carbons (Fsp3) is 0.300. The van der Waals surface area contributed by atoms with Gasteiger partial charge in [-0.1, -0.05) is 0 Å². The molecule has 3 heterocycles. The molecule has 0 radical (unpaired) electrons. The average molecular weight is 484 g/mol. The summed E-state index contributed by atoms with van der Waals surface area (Å²) in [7, 11) is -4.17. The third-order valence-electron chi connectivity index (χ3n) is 5.06. The Labute approximate surface area is 186 Å². The highest BCUT2D eigenvalue weighted by molar-refractivity contribution is 7.89. The Morgan fingerprint density at radius 3 is 2.61 bits per heavy atom. The van der Waals surface area contributed by atoms with Gasteiger partial charge in [-0.05, 0) is 50.1 Å². The van der Waals surface area contributed by atoms with E-state index >= 15 is 0 Å². The molecule has 0 aliphatic carbocycles. The molecule has 0 atom stereocenters. The molecule has 0 unspecified atom stereocenters. The molecule has 11 heteroatoms. The number of hydrogen-bond acceptors (Lipinski definition) is 6. The van der Waals surface area contributed by atoms with Crippen LogP contribution >= 0.6 is 22.7 Å². The van der Waals surface area contributed by atoms with E-state index in [1.165, 1.54) is 16.2 Å². The lowest BCUT2D eigenvalue weighted by Crippen LogP contribution is -2.41. The summed E-state index contributed by atoms with van der Waals surface area (Å²) in [4.78, 5) is 18.6. The van der Waals surface area contributed by atoms with Crippen LogP contribution < -0.4 is 5.32 Å². The first-order chi connectivity index (χ1) is 14.7. The monoisotopic (exact) mass is 483 g/mol. The summed E-state index contributed by atoms with van der Waals surface area (Å²) in [5.41, 5.74) is 0.802. The van der Waals surface area contributed by atoms with Crippen molar-refractivity contribution in [1.29, 1.82) is 0 Å². The zero-order valence-corrected chi connectivity index (χ0v) is 18.9. The number of halogens is 2. The number of thiophene rings is 1. The summed E-state index contributed by atoms with van der Waals surface area (Å²) in [6, 6.07) is 6.34. The van der Waals surface area contributed by atoms with Crippen molar-refractivity contribution in [2.75, 3.05) is 18.4 Å². The van der Waals surface area contributed by atoms with Gasteiger partial charge in [0.05, 0.1) is 10.6 Å². The number of nitrogens with one attached hydrogen (secondary N) is 1. The number of thiazole rings is 1. The highest BCUT2D eigenvalue weighted by Gasteiger charge is 2.34. The maximum atomic E-state index is 14.0. The lowest BCUT2D eigenvalue weighted by atomic mass is 9.97. The summed E-state index contributed by atoms with van der Waals surface area (Å²) >= 11 is 2.95. The molecule has 1 aliphatic rings. The van der Waals surface area contributed by atoms with Crippen LogP contribution in [0, 0.1) is 24.5 Å². The summed E-state index contributed by atoms with van der Waals surface area (Å²) in [6.07, 6.45) is 0.564. The van der Waals surface area contributed by atoms with Crippen molar-refractivity contribution in [1.82, 2.24) is 9.29 Å². The molecule has 1 aromatic carbocycles. The van der Waals surface area contributed by atoms with Gasteiger partial charge in [-0.15, -0.1) is 22.7 Å². The molecule has 3 aromatic rings. The first-order valence-corrected chi connectivity index (χ1v) is 12.7. The molecule has 6 nitrogen and oxygen atoms in total. The van der Waals surface area contributed by atoms with Gasteiger partial charge in [0.25, 0.3) is 0 Å². The van der Waals surface area contributed by atoms with Gasteiger partial charge >= 0.3 is 0 Å². The van der Waals surface area contributed by atoms with E-state index in [1.807, 2.05) is 24.4 Å². The molecule has 2 aromatic heterocycles. The highest BCUT2D eigenvalue weighted by Crippen LogP contribution is 2.31. The molecular weight excluding hydrogens is 464 g/mol. The first kappa shape index (κ1) is 22.0. The van der Waals surface area contributed by atoms with Gasteiger partial charge in [0.1, 0.15) is 16.5 Å². The third kappa shape index (κ3) is 4.69. The number of hydrogen-bond donors (Lipinski definition) is 1. The molecule has 1 aliphatic heterocycles. The molecular formula is C20H19F2N3O3S3. The Morgan fingerprint density at radius 1 is 1.19 bits per heavy atom. The van der Waals surface area contributed by atoms with Crippen molar-refractivity contribution in [3.63, 3.8) is 0 Å². The highest BCUT2D eigenvalue weighted by atomic mass is 32.2. The molecule has 1 N–H and O–H groups in total. The number of sulfonamides is 1. The van der Waals surface area contributed by atoms with Crippen LogP contribution in [-0.2, 0) is 14.8 Å². The third-order valence-corrected chi connectivity index (χ3v) is 8.76. The Hall–Kier alpha value is -2.21. The van der Waals surface area contributed by atoms with Crippen molar-refractivity contribution in [2.24, 2.45) is 5.92 Å². The van der Waals surface area contributed by atoms with Crippen LogP contribution in [0.5, 0.6) is 0 Å². The maximum absolute atomic E-state index is 14.0. The van der Waals surface area contributed by atoms with Crippen molar-refractivity contribution >= 4 is 43.7 Å². The number of aromatic nitrogens is 1. The van der Waals surface area contributed by atoms with Crippen LogP contribution in [0.15, 0.2) is 40.6 Å². The van der Waals surface area contributed by atoms with Gasteiger partial charge in [-0.2, -0.15) is 4.31 Å². The maximum Gasteiger partial charge on any atom is 0.246 e. The molecule has 4 rings (SSSR count). The van der Waals surface area contributed by atoms with Crippen molar-refractivity contribution in [2.45, 2.75) is 24.7 Å². The van der Waals surface area contributed by atoms with Crippen LogP contribution in [0.3, 0.4) is 0 Å². The number of carbonyl (C=O) groups excluding carboxylic acids is 1. The van der Waals surface area contributed by atoms with Gasteiger partial charge in [-0.3, -0.25) is 4.79 Å². The molecule has 0 spiro atoms. The van der Waals surface area contributed by atoms with Crippen molar-refractivity contribution in [3.05, 3.63) is 52.2 Å². The van der Waals surface area contributed by atoms with Gasteiger partial charge in [-0.25, -0.2) is 22.2 Å². The Balaban J connectivity index is 1.38. The van der Waals surface area contributed by atoms with Crippen LogP contribution in [-0.4, -0.2) is 36.7 Å². The molecule has 1 saturated heterocycles. The van der Waals surface area contributed by atoms with E-state index in [4.69, 9.17) is 0 Å². The van der Waals surface area contributed by atoms with E-state index in [0.29, 0.717) is 11.2 Å². The summed E-state index contributed by atoms with van der Waals surface area (Å²) < 4.78 is 53.8. The number of nitrogens with zero attached hydrogens (tertiary/aromatic N) is 2. The number of benzene rings is 1. The number of rotatable bonds is 5. The van der Waals surface area contributed by atoms with Gasteiger partial charge in [0.15, 0.2) is 5.13 Å². The number of piperidine rings is 1. The predicted octanol–water partition coefficient (Wildman–Crippen LogP) is 4.50. The largest absolute Gasteiger partial charge is 0.302 e. The van der Waals surface area contributed by atoms with Crippen molar-refractivity contribution in [3.8, 4) is 10.6 Å². The minimum Gasteiger partial charge on any atom is -0.302 e. The minimum absolute atomic E-state index is 0.0496. The van der Waals surface area contributed by atoms with E-state index < -0.39 is 26.6 Å². The lowest BCUT2D eigenvalue weighted by molar-refractivity contribution is -0.120. The van der Waals surface area contributed by atoms with E-state index in [-0.39, 0.29) is 37.8 Å². The summed E-state index contributed by atoms with van der Waals surface area (Å²) in [6.45, 7) is 2.11. The van der Waals surface area contributed by atoms with Crippen LogP contribution in [0.4, 0.5) is 13.9 Å². The minimum atomic E-state index is -4.17. The van der Waals surface area contributed by atoms with E-state index in [0.717, 1.165) is 27.0 Å². The van der Waals surface area contributed by atoms with Gasteiger partial charge < -0.3 is 5.32 Å². The predicted molar refractivity (Wildman–Crippen MR) is 117 cm³/mol. The average Bonchev–Trinajstić information content (AvgIpc) is 3.38. The van der Waals surface area contributed by atoms with Crippen molar-refractivity contribution < 1.29 is 22.0 Å². The Bertz CT molecular complexity index is 1220. The number of aryl methyl sites for hydroxylation is 1. The molecule has 0 bridgehead atoms. The van der Waals surface area contributed by atoms with E-state index in [9.17, 15) is 22.0 Å². The number of carbonyl (C=O) groups is 1. The second kappa shape index (κ2) is 8.73. The molecule has 164 valence electrons. The van der Waals surface area contributed by atoms with Crippen LogP contribution in [0.25, 0.3) is 10.6 Å². The smallest absolute Gasteiger partial charge is 0.246 e. The molecule has 1 amide bonds. The van der Waals surface area contributed by atoms with E-state index in [2.05, 4.69) is 10.3 Å². The Kier molecular flexibility index (Phi) is 6.20. The standard InChI is InChI=1S/C20H19F2N3O3S3/c1-12-2-5-17(30-12)16-11-29-20(23-16)24-19(26)13-6-8-25(9-7-13)31(27,28)18-10-14(21)3-4-15(18)22/h2-5,10-11,13H,6-9H2,1H3,(H,23,24,26). The van der Waals surface area contributed by atoms with Crippen LogP contribution in [0.2, 0.25) is 0 Å². The molecule has 1 fully saturated rings. The second-order valence-corrected chi connectivity index (χ2v) is 11.2. The lowest BCUT2D eigenvalue weighted by Gasteiger charge is -2.30. The summed E-state index contributed by atoms with van der Waals surface area (Å²) in [5, 5.41) is 5.17. The first-order valence-electron chi connectivity index (χ1n) is 9.52. The SMILES string of the molecule is Cc1ccc(-c2csc(NC(=O)C3CCN(S(=O)(=O)c4cc(F)ccc4F)CC3)n2)s1. The fourth-order valence-electron chi connectivity index (χ4n) is 3.40. The number of amides is 1. The number of anilines is 1.